The Balaban J connectivity index is 2.26. The average molecular weight is 283 g/mol. The van der Waals surface area contributed by atoms with Crippen LogP contribution in [0.25, 0.3) is 21.9 Å². The molecular formula is C17H11ClO2. The standard InChI is InChI=1S/C17H11ClO2/c18-16-9-8-12(10-15(16)17(19)20)14-7-3-5-11-4-1-2-6-13(11)14/h1-10H,(H,19,20). The highest BCUT2D eigenvalue weighted by atomic mass is 35.5. The third-order valence-corrected chi connectivity index (χ3v) is 3.63. The minimum absolute atomic E-state index is 0.122. The molecule has 0 aromatic heterocycles. The number of carboxylic acids is 1. The quantitative estimate of drug-likeness (QED) is 0.729. The summed E-state index contributed by atoms with van der Waals surface area (Å²) in [4.78, 5) is 11.2. The third kappa shape index (κ3) is 2.15. The molecule has 0 saturated carbocycles. The van der Waals surface area contributed by atoms with Gasteiger partial charge in [-0.15, -0.1) is 0 Å². The van der Waals surface area contributed by atoms with Gasteiger partial charge in [0.25, 0.3) is 0 Å². The van der Waals surface area contributed by atoms with Crippen LogP contribution < -0.4 is 0 Å². The fourth-order valence-electron chi connectivity index (χ4n) is 2.33. The second kappa shape index (κ2) is 4.99. The molecule has 2 nitrogen and oxygen atoms in total. The summed E-state index contributed by atoms with van der Waals surface area (Å²) in [6, 6.07) is 19.1. The SMILES string of the molecule is O=C(O)c1cc(-c2cccc3ccccc23)ccc1Cl. The lowest BCUT2D eigenvalue weighted by molar-refractivity contribution is 0.0697. The van der Waals surface area contributed by atoms with E-state index in [1.165, 1.54) is 0 Å². The van der Waals surface area contributed by atoms with Gasteiger partial charge in [0.05, 0.1) is 10.6 Å². The first-order valence-electron chi connectivity index (χ1n) is 6.18. The first kappa shape index (κ1) is 12.7. The summed E-state index contributed by atoms with van der Waals surface area (Å²) in [5.41, 5.74) is 1.97. The molecule has 0 fully saturated rings. The van der Waals surface area contributed by atoms with Gasteiger partial charge in [-0.05, 0) is 34.0 Å². The van der Waals surface area contributed by atoms with E-state index in [4.69, 9.17) is 16.7 Å². The number of benzene rings is 3. The topological polar surface area (TPSA) is 37.3 Å². The molecule has 1 N–H and O–H groups in total. The van der Waals surface area contributed by atoms with Crippen LogP contribution in [0.4, 0.5) is 0 Å². The van der Waals surface area contributed by atoms with Gasteiger partial charge in [-0.25, -0.2) is 4.79 Å². The molecule has 0 amide bonds. The molecule has 0 radical (unpaired) electrons. The van der Waals surface area contributed by atoms with Crippen LogP contribution in [0.2, 0.25) is 5.02 Å². The van der Waals surface area contributed by atoms with Crippen molar-refractivity contribution in [3.63, 3.8) is 0 Å². The zero-order valence-corrected chi connectivity index (χ0v) is 11.3. The van der Waals surface area contributed by atoms with Crippen LogP contribution in [-0.2, 0) is 0 Å². The molecule has 0 aliphatic heterocycles. The highest BCUT2D eigenvalue weighted by molar-refractivity contribution is 6.33. The Morgan fingerprint density at radius 3 is 2.50 bits per heavy atom. The monoisotopic (exact) mass is 282 g/mol. The maximum Gasteiger partial charge on any atom is 0.337 e. The Morgan fingerprint density at radius 2 is 1.70 bits per heavy atom. The number of aromatic carboxylic acids is 1. The molecule has 0 bridgehead atoms. The fourth-order valence-corrected chi connectivity index (χ4v) is 2.53. The Hall–Kier alpha value is -2.32. The Labute approximate surface area is 121 Å². The summed E-state index contributed by atoms with van der Waals surface area (Å²) in [7, 11) is 0. The molecule has 0 aliphatic carbocycles. The molecule has 98 valence electrons. The van der Waals surface area contributed by atoms with E-state index in [1.54, 1.807) is 12.1 Å². The van der Waals surface area contributed by atoms with Crippen molar-refractivity contribution >= 4 is 28.3 Å². The summed E-state index contributed by atoms with van der Waals surface area (Å²) in [6.07, 6.45) is 0. The second-order valence-corrected chi connectivity index (χ2v) is 4.93. The molecule has 3 aromatic carbocycles. The minimum atomic E-state index is -1.02. The molecule has 0 saturated heterocycles. The van der Waals surface area contributed by atoms with E-state index in [1.807, 2.05) is 48.5 Å². The molecule has 3 rings (SSSR count). The second-order valence-electron chi connectivity index (χ2n) is 4.53. The molecule has 0 spiro atoms. The van der Waals surface area contributed by atoms with Crippen LogP contribution in [0.1, 0.15) is 10.4 Å². The van der Waals surface area contributed by atoms with Crippen LogP contribution in [0.15, 0.2) is 60.7 Å². The number of rotatable bonds is 2. The molecular weight excluding hydrogens is 272 g/mol. The lowest BCUT2D eigenvalue weighted by Gasteiger charge is -2.08. The lowest BCUT2D eigenvalue weighted by Crippen LogP contribution is -1.97. The van der Waals surface area contributed by atoms with Gasteiger partial charge in [0.1, 0.15) is 0 Å². The largest absolute Gasteiger partial charge is 0.478 e. The molecule has 0 heterocycles. The highest BCUT2D eigenvalue weighted by Gasteiger charge is 2.11. The summed E-state index contributed by atoms with van der Waals surface area (Å²) in [6.45, 7) is 0. The van der Waals surface area contributed by atoms with Crippen molar-refractivity contribution in [2.45, 2.75) is 0 Å². The normalized spacial score (nSPS) is 10.7. The van der Waals surface area contributed by atoms with Crippen molar-refractivity contribution in [1.29, 1.82) is 0 Å². The molecule has 0 aliphatic rings. The van der Waals surface area contributed by atoms with E-state index >= 15 is 0 Å². The van der Waals surface area contributed by atoms with Crippen molar-refractivity contribution in [1.82, 2.24) is 0 Å². The van der Waals surface area contributed by atoms with Gasteiger partial charge in [-0.1, -0.05) is 60.1 Å². The third-order valence-electron chi connectivity index (χ3n) is 3.30. The number of hydrogen-bond donors (Lipinski definition) is 1. The van der Waals surface area contributed by atoms with Gasteiger partial charge >= 0.3 is 5.97 Å². The molecule has 0 atom stereocenters. The van der Waals surface area contributed by atoms with Crippen LogP contribution >= 0.6 is 11.6 Å². The van der Waals surface area contributed by atoms with E-state index < -0.39 is 5.97 Å². The smallest absolute Gasteiger partial charge is 0.337 e. The van der Waals surface area contributed by atoms with E-state index in [-0.39, 0.29) is 10.6 Å². The summed E-state index contributed by atoms with van der Waals surface area (Å²) in [5.74, 6) is -1.02. The number of fused-ring (bicyclic) bond motifs is 1. The fraction of sp³-hybridized carbons (Fsp3) is 0. The van der Waals surface area contributed by atoms with Crippen molar-refractivity contribution in [3.05, 3.63) is 71.2 Å². The van der Waals surface area contributed by atoms with Gasteiger partial charge in [-0.2, -0.15) is 0 Å². The van der Waals surface area contributed by atoms with E-state index in [9.17, 15) is 4.79 Å². The van der Waals surface area contributed by atoms with Gasteiger partial charge in [-0.3, -0.25) is 0 Å². The highest BCUT2D eigenvalue weighted by Crippen LogP contribution is 2.31. The predicted molar refractivity (Wildman–Crippen MR) is 81.4 cm³/mol. The van der Waals surface area contributed by atoms with Gasteiger partial charge in [0.2, 0.25) is 0 Å². The zero-order valence-electron chi connectivity index (χ0n) is 10.5. The lowest BCUT2D eigenvalue weighted by atomic mass is 9.97. The van der Waals surface area contributed by atoms with Crippen molar-refractivity contribution < 1.29 is 9.90 Å². The Bertz CT molecular complexity index is 804. The van der Waals surface area contributed by atoms with Gasteiger partial charge in [0.15, 0.2) is 0 Å². The number of carbonyl (C=O) groups is 1. The number of hydrogen-bond acceptors (Lipinski definition) is 1. The van der Waals surface area contributed by atoms with Gasteiger partial charge in [0, 0.05) is 0 Å². The zero-order chi connectivity index (χ0) is 14.1. The molecule has 20 heavy (non-hydrogen) atoms. The van der Waals surface area contributed by atoms with Crippen molar-refractivity contribution in [2.75, 3.05) is 0 Å². The first-order valence-corrected chi connectivity index (χ1v) is 6.55. The van der Waals surface area contributed by atoms with Crippen LogP contribution in [0.5, 0.6) is 0 Å². The summed E-state index contributed by atoms with van der Waals surface area (Å²) >= 11 is 5.92. The van der Waals surface area contributed by atoms with E-state index in [0.29, 0.717) is 0 Å². The van der Waals surface area contributed by atoms with E-state index in [0.717, 1.165) is 21.9 Å². The molecule has 3 heteroatoms. The number of carboxylic acid groups (broad SMARTS) is 1. The van der Waals surface area contributed by atoms with Crippen molar-refractivity contribution in [2.24, 2.45) is 0 Å². The van der Waals surface area contributed by atoms with Crippen LogP contribution in [0, 0.1) is 0 Å². The van der Waals surface area contributed by atoms with Crippen LogP contribution in [0.3, 0.4) is 0 Å². The van der Waals surface area contributed by atoms with Gasteiger partial charge < -0.3 is 5.11 Å². The molecule has 3 aromatic rings. The number of halogens is 1. The maximum absolute atomic E-state index is 11.2. The van der Waals surface area contributed by atoms with Crippen LogP contribution in [-0.4, -0.2) is 11.1 Å². The maximum atomic E-state index is 11.2. The molecule has 0 unspecified atom stereocenters. The first-order chi connectivity index (χ1) is 9.66. The minimum Gasteiger partial charge on any atom is -0.478 e. The summed E-state index contributed by atoms with van der Waals surface area (Å²) in [5, 5.41) is 11.6. The average Bonchev–Trinajstić information content (AvgIpc) is 2.47. The Morgan fingerprint density at radius 1 is 0.950 bits per heavy atom. The van der Waals surface area contributed by atoms with E-state index in [2.05, 4.69) is 0 Å². The van der Waals surface area contributed by atoms with Crippen molar-refractivity contribution in [3.8, 4) is 11.1 Å². The summed E-state index contributed by atoms with van der Waals surface area (Å²) < 4.78 is 0. The predicted octanol–water partition coefficient (Wildman–Crippen LogP) is 4.86. The Kier molecular flexibility index (Phi) is 3.17.